The topological polar surface area (TPSA) is 71.1 Å². The van der Waals surface area contributed by atoms with Crippen molar-refractivity contribution in [3.63, 3.8) is 0 Å². The van der Waals surface area contributed by atoms with E-state index in [-0.39, 0.29) is 16.7 Å². The molecule has 1 atom stereocenters. The number of ether oxygens (including phenoxy) is 2. The molecule has 154 valence electrons. The van der Waals surface area contributed by atoms with Gasteiger partial charge in [0.1, 0.15) is 16.4 Å². The number of nitrogens with one attached hydrogen (secondary N) is 1. The van der Waals surface area contributed by atoms with Crippen LogP contribution in [0.25, 0.3) is 0 Å². The Morgan fingerprint density at radius 3 is 2.50 bits per heavy atom. The van der Waals surface area contributed by atoms with Crippen LogP contribution in [0.15, 0.2) is 39.9 Å². The van der Waals surface area contributed by atoms with Crippen LogP contribution in [0.4, 0.5) is 0 Å². The number of methoxy groups -OCH3 is 2. The van der Waals surface area contributed by atoms with Crippen LogP contribution in [0.3, 0.4) is 0 Å². The number of thiophene rings is 1. The molecular weight excluding hydrogens is 398 g/mol. The lowest BCUT2D eigenvalue weighted by atomic mass is 10.1. The molecule has 0 spiro atoms. The summed E-state index contributed by atoms with van der Waals surface area (Å²) < 4.78 is 39.1. The lowest BCUT2D eigenvalue weighted by Gasteiger charge is -2.38. The summed E-state index contributed by atoms with van der Waals surface area (Å²) in [7, 11) is 1.36. The summed E-state index contributed by atoms with van der Waals surface area (Å²) in [4.78, 5) is 4.74. The van der Waals surface area contributed by atoms with Gasteiger partial charge in [-0.1, -0.05) is 0 Å². The lowest BCUT2D eigenvalue weighted by Crippen LogP contribution is -2.48. The monoisotopic (exact) mass is 425 g/mol. The van der Waals surface area contributed by atoms with Crippen molar-refractivity contribution in [2.75, 3.05) is 54.0 Å². The normalized spacial score (nSPS) is 17.4. The minimum atomic E-state index is -3.73. The highest BCUT2D eigenvalue weighted by Gasteiger charge is 2.27. The van der Waals surface area contributed by atoms with Gasteiger partial charge in [0.2, 0.25) is 10.0 Å². The fourth-order valence-corrected chi connectivity index (χ4v) is 5.21. The fourth-order valence-electron chi connectivity index (χ4n) is 3.32. The molecule has 3 rings (SSSR count). The average Bonchev–Trinajstić information content (AvgIpc) is 3.23. The van der Waals surface area contributed by atoms with Crippen LogP contribution in [-0.4, -0.2) is 72.2 Å². The van der Waals surface area contributed by atoms with E-state index < -0.39 is 10.0 Å². The highest BCUT2D eigenvalue weighted by Crippen LogP contribution is 2.29. The van der Waals surface area contributed by atoms with E-state index in [9.17, 15) is 8.42 Å². The Labute approximate surface area is 170 Å². The largest absolute Gasteiger partial charge is 0.497 e. The first-order valence-electron chi connectivity index (χ1n) is 9.11. The van der Waals surface area contributed by atoms with Crippen LogP contribution in [0, 0.1) is 0 Å². The molecular formula is C19H27N3O4S2. The summed E-state index contributed by atoms with van der Waals surface area (Å²) >= 11 is 1.62. The Kier molecular flexibility index (Phi) is 6.95. The van der Waals surface area contributed by atoms with E-state index in [2.05, 4.69) is 33.0 Å². The first-order chi connectivity index (χ1) is 13.4. The zero-order chi connectivity index (χ0) is 20.1. The molecule has 1 aromatic carbocycles. The average molecular weight is 426 g/mol. The van der Waals surface area contributed by atoms with Gasteiger partial charge in [0.15, 0.2) is 0 Å². The molecule has 0 saturated carbocycles. The summed E-state index contributed by atoms with van der Waals surface area (Å²) in [6.07, 6.45) is 0. The van der Waals surface area contributed by atoms with Gasteiger partial charge in [0, 0.05) is 44.8 Å². The number of nitrogens with zero attached hydrogens (tertiary/aromatic N) is 2. The highest BCUT2D eigenvalue weighted by molar-refractivity contribution is 7.89. The van der Waals surface area contributed by atoms with Gasteiger partial charge in [-0.25, -0.2) is 13.1 Å². The van der Waals surface area contributed by atoms with E-state index in [1.807, 2.05) is 5.38 Å². The summed E-state index contributed by atoms with van der Waals surface area (Å²) in [6, 6.07) is 6.77. The summed E-state index contributed by atoms with van der Waals surface area (Å²) in [6.45, 7) is 4.06. The molecule has 1 fully saturated rings. The Morgan fingerprint density at radius 2 is 1.89 bits per heavy atom. The molecule has 7 nitrogen and oxygen atoms in total. The minimum absolute atomic E-state index is 0.000955. The number of rotatable bonds is 8. The van der Waals surface area contributed by atoms with Crippen molar-refractivity contribution in [2.24, 2.45) is 0 Å². The first kappa shape index (κ1) is 21.1. The fraction of sp³-hybridized carbons (Fsp3) is 0.474. The number of sulfonamides is 1. The standard InChI is InChI=1S/C19H27N3O4S2/c1-21-7-9-22(10-8-21)17(15-6-11-27-14-15)13-20-28(23,24)19-5-4-16(25-2)12-18(19)26-3/h4-6,11-12,14,17,20H,7-10,13H2,1-3H3/t17-/m0/s1. The van der Waals surface area contributed by atoms with Crippen molar-refractivity contribution in [3.8, 4) is 11.5 Å². The molecule has 0 radical (unpaired) electrons. The molecule has 1 aliphatic rings. The Bertz CT molecular complexity index is 863. The molecule has 1 saturated heterocycles. The summed E-state index contributed by atoms with van der Waals surface area (Å²) in [5.41, 5.74) is 1.14. The second-order valence-electron chi connectivity index (χ2n) is 6.78. The Morgan fingerprint density at radius 1 is 1.14 bits per heavy atom. The zero-order valence-corrected chi connectivity index (χ0v) is 18.1. The maximum Gasteiger partial charge on any atom is 0.244 e. The molecule has 0 unspecified atom stereocenters. The van der Waals surface area contributed by atoms with E-state index in [0.29, 0.717) is 12.3 Å². The number of hydrogen-bond acceptors (Lipinski definition) is 7. The third-order valence-corrected chi connectivity index (χ3v) is 7.20. The smallest absolute Gasteiger partial charge is 0.244 e. The van der Waals surface area contributed by atoms with Crippen LogP contribution in [0.5, 0.6) is 11.5 Å². The van der Waals surface area contributed by atoms with Gasteiger partial charge in [-0.3, -0.25) is 4.90 Å². The SMILES string of the molecule is COc1ccc(S(=O)(=O)NC[C@@H](c2ccsc2)N2CCN(C)CC2)c(OC)c1. The van der Waals surface area contributed by atoms with E-state index in [1.54, 1.807) is 23.5 Å². The molecule has 1 N–H and O–H groups in total. The van der Waals surface area contributed by atoms with Crippen LogP contribution in [-0.2, 0) is 10.0 Å². The third-order valence-electron chi connectivity index (χ3n) is 5.03. The lowest BCUT2D eigenvalue weighted by molar-refractivity contribution is 0.113. The van der Waals surface area contributed by atoms with Gasteiger partial charge in [0.25, 0.3) is 0 Å². The van der Waals surface area contributed by atoms with Crippen LogP contribution in [0.2, 0.25) is 0 Å². The predicted molar refractivity (Wildman–Crippen MR) is 111 cm³/mol. The molecule has 1 aliphatic heterocycles. The molecule has 2 aromatic rings. The van der Waals surface area contributed by atoms with Crippen LogP contribution in [0.1, 0.15) is 11.6 Å². The van der Waals surface area contributed by atoms with Crippen molar-refractivity contribution in [1.82, 2.24) is 14.5 Å². The molecule has 1 aromatic heterocycles. The van der Waals surface area contributed by atoms with Gasteiger partial charge >= 0.3 is 0 Å². The van der Waals surface area contributed by atoms with Gasteiger partial charge in [-0.2, -0.15) is 11.3 Å². The second kappa shape index (κ2) is 9.23. The number of hydrogen-bond donors (Lipinski definition) is 1. The van der Waals surface area contributed by atoms with Crippen molar-refractivity contribution in [3.05, 3.63) is 40.6 Å². The first-order valence-corrected chi connectivity index (χ1v) is 11.5. The molecule has 0 amide bonds. The zero-order valence-electron chi connectivity index (χ0n) is 16.4. The van der Waals surface area contributed by atoms with E-state index in [1.165, 1.54) is 20.3 Å². The molecule has 28 heavy (non-hydrogen) atoms. The van der Waals surface area contributed by atoms with Crippen molar-refractivity contribution < 1.29 is 17.9 Å². The predicted octanol–water partition coefficient (Wildman–Crippen LogP) is 2.03. The Balaban J connectivity index is 1.79. The summed E-state index contributed by atoms with van der Waals surface area (Å²) in [5, 5.41) is 4.12. The second-order valence-corrected chi connectivity index (χ2v) is 9.30. The van der Waals surface area contributed by atoms with Crippen LogP contribution < -0.4 is 14.2 Å². The van der Waals surface area contributed by atoms with E-state index in [4.69, 9.17) is 9.47 Å². The molecule has 2 heterocycles. The van der Waals surface area contributed by atoms with Gasteiger partial charge in [-0.15, -0.1) is 0 Å². The van der Waals surface area contributed by atoms with Gasteiger partial charge in [-0.05, 0) is 41.6 Å². The number of piperazine rings is 1. The quantitative estimate of drug-likeness (QED) is 0.698. The van der Waals surface area contributed by atoms with Crippen molar-refractivity contribution >= 4 is 21.4 Å². The number of benzene rings is 1. The maximum atomic E-state index is 13.0. The molecule has 9 heteroatoms. The third kappa shape index (κ3) is 4.84. The Hall–Kier alpha value is -1.65. The van der Waals surface area contributed by atoms with Gasteiger partial charge < -0.3 is 14.4 Å². The summed E-state index contributed by atoms with van der Waals surface area (Å²) in [5.74, 6) is 0.808. The molecule has 0 aliphatic carbocycles. The van der Waals surface area contributed by atoms with Gasteiger partial charge in [0.05, 0.1) is 14.2 Å². The van der Waals surface area contributed by atoms with Crippen molar-refractivity contribution in [1.29, 1.82) is 0 Å². The highest BCUT2D eigenvalue weighted by atomic mass is 32.2. The van der Waals surface area contributed by atoms with Crippen molar-refractivity contribution in [2.45, 2.75) is 10.9 Å². The molecule has 0 bridgehead atoms. The minimum Gasteiger partial charge on any atom is -0.497 e. The number of likely N-dealkylation sites (N-methyl/N-ethyl adjacent to an activating group) is 1. The van der Waals surface area contributed by atoms with E-state index in [0.717, 1.165) is 31.7 Å². The van der Waals surface area contributed by atoms with E-state index >= 15 is 0 Å². The van der Waals surface area contributed by atoms with Crippen LogP contribution >= 0.6 is 11.3 Å². The maximum absolute atomic E-state index is 13.0.